The topological polar surface area (TPSA) is 173 Å². The zero-order valence-electron chi connectivity index (χ0n) is 33.3. The van der Waals surface area contributed by atoms with Gasteiger partial charge >= 0.3 is 0 Å². The van der Waals surface area contributed by atoms with Gasteiger partial charge in [0.05, 0.1) is 35.9 Å². The standard InChI is InChI=1S/C27H25N5O4.C16H14ClN3O3/c1-31(2)27(33)18-10-23(34-4)25(30-13-18)24-11-21-26(36-24)20(7-8-29-21)16-5-6-22(17(9-16)12-28)35-19-14-32(3)15-19;1-20(2)16(21)9-6-12(22-3)14(19-8-9)13-7-11-15(23-13)10(17)4-5-18-11/h5-11,13,19H,14-15H2,1-4H3;4-8H,1-3H3. The molecule has 2 amide bonds. The van der Waals surface area contributed by atoms with Crippen LogP contribution in [-0.2, 0) is 0 Å². The molecule has 0 unspecified atom stereocenters. The van der Waals surface area contributed by atoms with Crippen LogP contribution in [0.15, 0.2) is 88.2 Å². The van der Waals surface area contributed by atoms with Crippen LogP contribution in [0.2, 0.25) is 5.02 Å². The van der Waals surface area contributed by atoms with E-state index < -0.39 is 0 Å². The minimum Gasteiger partial charge on any atom is -0.494 e. The summed E-state index contributed by atoms with van der Waals surface area (Å²) < 4.78 is 28.8. The third kappa shape index (κ3) is 8.22. The van der Waals surface area contributed by atoms with Gasteiger partial charge < -0.3 is 32.8 Å². The number of furan rings is 2. The number of nitrogens with zero attached hydrogens (tertiary/aromatic N) is 8. The number of methoxy groups -OCH3 is 2. The second-order valence-electron chi connectivity index (χ2n) is 14.0. The number of benzene rings is 1. The van der Waals surface area contributed by atoms with Crippen LogP contribution in [0.5, 0.6) is 17.2 Å². The van der Waals surface area contributed by atoms with Crippen LogP contribution in [-0.4, -0.2) is 115 Å². The van der Waals surface area contributed by atoms with E-state index in [-0.39, 0.29) is 17.9 Å². The molecule has 1 aliphatic rings. The Bertz CT molecular complexity index is 2750. The van der Waals surface area contributed by atoms with Gasteiger partial charge in [0.2, 0.25) is 0 Å². The summed E-state index contributed by atoms with van der Waals surface area (Å²) in [6, 6.07) is 18.1. The Labute approximate surface area is 344 Å². The number of fused-ring (bicyclic) bond motifs is 2. The Morgan fingerprint density at radius 3 is 1.81 bits per heavy atom. The normalized spacial score (nSPS) is 12.6. The lowest BCUT2D eigenvalue weighted by Gasteiger charge is -2.36. The number of likely N-dealkylation sites (tertiary alicyclic amines) is 1. The molecule has 15 nitrogen and oxygen atoms in total. The van der Waals surface area contributed by atoms with Gasteiger partial charge in [-0.2, -0.15) is 5.26 Å². The predicted octanol–water partition coefficient (Wildman–Crippen LogP) is 7.09. The maximum Gasteiger partial charge on any atom is 0.255 e. The largest absolute Gasteiger partial charge is 0.494 e. The monoisotopic (exact) mass is 814 g/mol. The molecular formula is C43H39ClN8O7. The van der Waals surface area contributed by atoms with Gasteiger partial charge in [-0.25, -0.2) is 9.97 Å². The lowest BCUT2D eigenvalue weighted by atomic mass is 10.0. The zero-order chi connectivity index (χ0) is 42.0. The molecular weight excluding hydrogens is 776 g/mol. The van der Waals surface area contributed by atoms with E-state index in [2.05, 4.69) is 30.9 Å². The molecule has 59 heavy (non-hydrogen) atoms. The fourth-order valence-electron chi connectivity index (χ4n) is 6.41. The van der Waals surface area contributed by atoms with Crippen LogP contribution in [0.25, 0.3) is 56.2 Å². The van der Waals surface area contributed by atoms with Gasteiger partial charge in [-0.15, -0.1) is 0 Å². The third-order valence-electron chi connectivity index (χ3n) is 9.43. The number of pyridine rings is 4. The number of halogens is 1. The summed E-state index contributed by atoms with van der Waals surface area (Å²) >= 11 is 6.10. The number of carbonyl (C=O) groups excluding carboxylic acids is 2. The molecule has 0 saturated carbocycles. The summed E-state index contributed by atoms with van der Waals surface area (Å²) in [6.07, 6.45) is 6.38. The average Bonchev–Trinajstić information content (AvgIpc) is 3.88. The average molecular weight is 815 g/mol. The molecule has 0 N–H and O–H groups in total. The molecule has 1 aliphatic heterocycles. The molecule has 300 valence electrons. The molecule has 7 heterocycles. The van der Waals surface area contributed by atoms with Gasteiger partial charge in [0.1, 0.15) is 51.8 Å². The second-order valence-corrected chi connectivity index (χ2v) is 14.4. The maximum absolute atomic E-state index is 12.3. The molecule has 7 aromatic rings. The molecule has 0 spiro atoms. The molecule has 1 fully saturated rings. The van der Waals surface area contributed by atoms with Crippen LogP contribution in [0, 0.1) is 11.3 Å². The minimum absolute atomic E-state index is 0.0927. The van der Waals surface area contributed by atoms with Crippen molar-refractivity contribution >= 4 is 45.6 Å². The first-order valence-corrected chi connectivity index (χ1v) is 18.6. The summed E-state index contributed by atoms with van der Waals surface area (Å²) in [5.74, 6) is 2.03. The van der Waals surface area contributed by atoms with Crippen LogP contribution >= 0.6 is 11.6 Å². The third-order valence-corrected chi connectivity index (χ3v) is 9.73. The minimum atomic E-state index is -0.175. The number of amides is 2. The van der Waals surface area contributed by atoms with Crippen LogP contribution in [0.4, 0.5) is 0 Å². The molecule has 1 saturated heterocycles. The molecule has 0 atom stereocenters. The van der Waals surface area contributed by atoms with Crippen molar-refractivity contribution in [2.24, 2.45) is 0 Å². The molecule has 0 aliphatic carbocycles. The molecule has 0 bridgehead atoms. The molecule has 6 aromatic heterocycles. The number of likely N-dealkylation sites (N-methyl/N-ethyl adjacent to an activating group) is 1. The van der Waals surface area contributed by atoms with Gasteiger partial charge in [-0.05, 0) is 49.0 Å². The van der Waals surface area contributed by atoms with Crippen molar-refractivity contribution in [3.63, 3.8) is 0 Å². The lowest BCUT2D eigenvalue weighted by Crippen LogP contribution is -2.51. The highest BCUT2D eigenvalue weighted by atomic mass is 35.5. The fraction of sp³-hybridized carbons (Fsp3) is 0.233. The summed E-state index contributed by atoms with van der Waals surface area (Å²) in [7, 11) is 11.8. The van der Waals surface area contributed by atoms with Crippen molar-refractivity contribution < 1.29 is 32.6 Å². The Balaban J connectivity index is 0.000000198. The SMILES string of the molecule is COc1cc(C(=O)N(C)C)cnc1-c1cc2nccc(-c3ccc(OC4CN(C)C4)c(C#N)c3)c2o1.COc1cc(C(=O)N(C)C)cnc1-c1cc2nccc(Cl)c2o1. The smallest absolute Gasteiger partial charge is 0.255 e. The van der Waals surface area contributed by atoms with Gasteiger partial charge in [0.15, 0.2) is 22.7 Å². The van der Waals surface area contributed by atoms with E-state index in [1.54, 1.807) is 77.0 Å². The van der Waals surface area contributed by atoms with E-state index in [9.17, 15) is 14.9 Å². The highest BCUT2D eigenvalue weighted by molar-refractivity contribution is 6.34. The van der Waals surface area contributed by atoms with Crippen molar-refractivity contribution in [2.75, 3.05) is 62.5 Å². The van der Waals surface area contributed by atoms with Crippen molar-refractivity contribution in [2.45, 2.75) is 6.10 Å². The Morgan fingerprint density at radius 1 is 0.763 bits per heavy atom. The first kappa shape index (κ1) is 40.2. The number of ether oxygens (including phenoxy) is 3. The van der Waals surface area contributed by atoms with Gasteiger partial charge in [-0.3, -0.25) is 24.5 Å². The molecule has 8 rings (SSSR count). The number of hydrogen-bond acceptors (Lipinski definition) is 13. The number of hydrogen-bond donors (Lipinski definition) is 0. The number of aromatic nitrogens is 4. The summed E-state index contributed by atoms with van der Waals surface area (Å²) in [4.78, 5) is 46.9. The number of carbonyl (C=O) groups is 2. The van der Waals surface area contributed by atoms with Crippen molar-refractivity contribution in [1.82, 2.24) is 34.6 Å². The second kappa shape index (κ2) is 16.8. The first-order valence-electron chi connectivity index (χ1n) is 18.2. The van der Waals surface area contributed by atoms with Gasteiger partial charge in [0, 0.05) is 83.8 Å². The van der Waals surface area contributed by atoms with Gasteiger partial charge in [0.25, 0.3) is 11.8 Å². The highest BCUT2D eigenvalue weighted by Crippen LogP contribution is 2.38. The molecule has 16 heteroatoms. The summed E-state index contributed by atoms with van der Waals surface area (Å²) in [6.45, 7) is 1.68. The summed E-state index contributed by atoms with van der Waals surface area (Å²) in [5.41, 5.74) is 6.16. The van der Waals surface area contributed by atoms with E-state index in [4.69, 9.17) is 34.6 Å². The Hall–Kier alpha value is -7.02. The van der Waals surface area contributed by atoms with Crippen molar-refractivity contribution in [3.05, 3.63) is 101 Å². The van der Waals surface area contributed by atoms with E-state index >= 15 is 0 Å². The van der Waals surface area contributed by atoms with Crippen LogP contribution < -0.4 is 14.2 Å². The molecule has 1 aromatic carbocycles. The molecule has 0 radical (unpaired) electrons. The first-order chi connectivity index (χ1) is 28.4. The maximum atomic E-state index is 12.3. The van der Waals surface area contributed by atoms with E-state index in [0.29, 0.717) is 84.1 Å². The van der Waals surface area contributed by atoms with Crippen LogP contribution in [0.1, 0.15) is 26.3 Å². The predicted molar refractivity (Wildman–Crippen MR) is 221 cm³/mol. The Kier molecular flexibility index (Phi) is 11.5. The van der Waals surface area contributed by atoms with E-state index in [1.807, 2.05) is 25.2 Å². The van der Waals surface area contributed by atoms with E-state index in [0.717, 1.165) is 24.2 Å². The van der Waals surface area contributed by atoms with Crippen molar-refractivity contribution in [3.8, 4) is 57.4 Å². The Morgan fingerprint density at radius 2 is 1.31 bits per heavy atom. The van der Waals surface area contributed by atoms with Crippen molar-refractivity contribution in [1.29, 1.82) is 5.26 Å². The zero-order valence-corrected chi connectivity index (χ0v) is 34.1. The number of nitriles is 1. The fourth-order valence-corrected chi connectivity index (χ4v) is 6.60. The number of rotatable bonds is 9. The van der Waals surface area contributed by atoms with Gasteiger partial charge in [-0.1, -0.05) is 17.7 Å². The quantitative estimate of drug-likeness (QED) is 0.145. The van der Waals surface area contributed by atoms with E-state index in [1.165, 1.54) is 36.4 Å². The summed E-state index contributed by atoms with van der Waals surface area (Å²) in [5, 5.41) is 10.2. The lowest BCUT2D eigenvalue weighted by molar-refractivity contribution is 0.0386. The van der Waals surface area contributed by atoms with Crippen LogP contribution in [0.3, 0.4) is 0 Å². The highest BCUT2D eigenvalue weighted by Gasteiger charge is 2.26.